The highest BCUT2D eigenvalue weighted by molar-refractivity contribution is 5.41. The molecular formula is C11H19N3. The van der Waals surface area contributed by atoms with Gasteiger partial charge in [-0.05, 0) is 12.8 Å². The first kappa shape index (κ1) is 9.56. The normalized spacial score (nSPS) is 21.3. The van der Waals surface area contributed by atoms with Crippen LogP contribution in [0.25, 0.3) is 0 Å². The van der Waals surface area contributed by atoms with E-state index in [0.29, 0.717) is 11.8 Å². The third-order valence-electron chi connectivity index (χ3n) is 3.07. The molecule has 0 bridgehead atoms. The number of hydrogen-bond donors (Lipinski definition) is 1. The van der Waals surface area contributed by atoms with Gasteiger partial charge in [-0.25, -0.2) is 4.98 Å². The van der Waals surface area contributed by atoms with Crippen molar-refractivity contribution in [2.45, 2.75) is 52.0 Å². The van der Waals surface area contributed by atoms with Gasteiger partial charge in [0.2, 0.25) is 0 Å². The van der Waals surface area contributed by atoms with Crippen LogP contribution in [0.4, 0.5) is 5.82 Å². The molecule has 0 amide bonds. The first-order chi connectivity index (χ1) is 6.61. The van der Waals surface area contributed by atoms with E-state index in [2.05, 4.69) is 30.3 Å². The molecule has 2 heterocycles. The van der Waals surface area contributed by atoms with Crippen molar-refractivity contribution >= 4 is 5.82 Å². The third kappa shape index (κ3) is 1.31. The molecule has 3 heteroatoms. The van der Waals surface area contributed by atoms with Crippen LogP contribution in [0.15, 0.2) is 0 Å². The Labute approximate surface area is 85.3 Å². The zero-order chi connectivity index (χ0) is 10.3. The fraction of sp³-hybridized carbons (Fsp3) is 0.727. The zero-order valence-electron chi connectivity index (χ0n) is 9.25. The molecule has 3 nitrogen and oxygen atoms in total. The summed E-state index contributed by atoms with van der Waals surface area (Å²) in [5.41, 5.74) is 7.22. The summed E-state index contributed by atoms with van der Waals surface area (Å²) in [4.78, 5) is 4.48. The van der Waals surface area contributed by atoms with E-state index >= 15 is 0 Å². The number of fused-ring (bicyclic) bond motifs is 1. The minimum absolute atomic E-state index is 0.469. The van der Waals surface area contributed by atoms with Gasteiger partial charge in [-0.1, -0.05) is 20.8 Å². The summed E-state index contributed by atoms with van der Waals surface area (Å²) in [5, 5.41) is 0. The van der Waals surface area contributed by atoms with Crippen molar-refractivity contribution in [3.05, 3.63) is 11.5 Å². The highest BCUT2D eigenvalue weighted by Crippen LogP contribution is 2.33. The number of hydrogen-bond acceptors (Lipinski definition) is 2. The van der Waals surface area contributed by atoms with Crippen molar-refractivity contribution < 1.29 is 0 Å². The molecular weight excluding hydrogens is 174 g/mol. The number of imidazole rings is 1. The molecule has 0 fully saturated rings. The van der Waals surface area contributed by atoms with Gasteiger partial charge in [0.25, 0.3) is 0 Å². The van der Waals surface area contributed by atoms with Gasteiger partial charge in [-0.15, -0.1) is 0 Å². The standard InChI is InChI=1S/C11H19N3/c1-7(2)11-13-10(12)9-8(3)5-4-6-14(9)11/h7-8H,4-6,12H2,1-3H3. The Bertz CT molecular complexity index is 339. The van der Waals surface area contributed by atoms with Gasteiger partial charge in [0.1, 0.15) is 11.6 Å². The fourth-order valence-electron chi connectivity index (χ4n) is 2.39. The number of nitrogens with zero attached hydrogens (tertiary/aromatic N) is 2. The van der Waals surface area contributed by atoms with Crippen molar-refractivity contribution in [2.24, 2.45) is 0 Å². The van der Waals surface area contributed by atoms with Gasteiger partial charge in [0.15, 0.2) is 0 Å². The van der Waals surface area contributed by atoms with Crippen molar-refractivity contribution in [1.29, 1.82) is 0 Å². The highest BCUT2D eigenvalue weighted by Gasteiger charge is 2.24. The lowest BCUT2D eigenvalue weighted by Crippen LogP contribution is -2.16. The molecule has 1 aromatic heterocycles. The molecule has 1 atom stereocenters. The lowest BCUT2D eigenvalue weighted by molar-refractivity contribution is 0.458. The number of anilines is 1. The third-order valence-corrected chi connectivity index (χ3v) is 3.07. The van der Waals surface area contributed by atoms with E-state index in [1.807, 2.05) is 0 Å². The molecule has 14 heavy (non-hydrogen) atoms. The lowest BCUT2D eigenvalue weighted by atomic mass is 9.97. The number of aromatic nitrogens is 2. The van der Waals surface area contributed by atoms with Crippen molar-refractivity contribution in [1.82, 2.24) is 9.55 Å². The summed E-state index contributed by atoms with van der Waals surface area (Å²) in [6.45, 7) is 7.69. The summed E-state index contributed by atoms with van der Waals surface area (Å²) in [5.74, 6) is 2.95. The Hall–Kier alpha value is -0.990. The van der Waals surface area contributed by atoms with Gasteiger partial charge >= 0.3 is 0 Å². The minimum atomic E-state index is 0.469. The van der Waals surface area contributed by atoms with Gasteiger partial charge < -0.3 is 10.3 Å². The number of nitrogens with two attached hydrogens (primary N) is 1. The highest BCUT2D eigenvalue weighted by atomic mass is 15.1. The molecule has 2 N–H and O–H groups in total. The monoisotopic (exact) mass is 193 g/mol. The second-order valence-corrected chi connectivity index (χ2v) is 4.59. The van der Waals surface area contributed by atoms with E-state index in [-0.39, 0.29) is 0 Å². The predicted molar refractivity (Wildman–Crippen MR) is 58.4 cm³/mol. The average Bonchev–Trinajstić information content (AvgIpc) is 2.45. The molecule has 2 rings (SSSR count). The predicted octanol–water partition coefficient (Wildman–Crippen LogP) is 2.49. The molecule has 0 saturated heterocycles. The maximum atomic E-state index is 5.96. The minimum Gasteiger partial charge on any atom is -0.382 e. The quantitative estimate of drug-likeness (QED) is 0.744. The van der Waals surface area contributed by atoms with E-state index in [1.165, 1.54) is 18.5 Å². The Morgan fingerprint density at radius 3 is 2.86 bits per heavy atom. The fourth-order valence-corrected chi connectivity index (χ4v) is 2.39. The van der Waals surface area contributed by atoms with Crippen molar-refractivity contribution in [3.63, 3.8) is 0 Å². The van der Waals surface area contributed by atoms with Crippen LogP contribution in [0.1, 0.15) is 57.0 Å². The second-order valence-electron chi connectivity index (χ2n) is 4.59. The molecule has 1 aliphatic rings. The summed E-state index contributed by atoms with van der Waals surface area (Å²) < 4.78 is 2.33. The van der Waals surface area contributed by atoms with Crippen LogP contribution >= 0.6 is 0 Å². The topological polar surface area (TPSA) is 43.8 Å². The zero-order valence-corrected chi connectivity index (χ0v) is 9.25. The van der Waals surface area contributed by atoms with E-state index in [1.54, 1.807) is 0 Å². The van der Waals surface area contributed by atoms with Gasteiger partial charge in [0.05, 0.1) is 5.69 Å². The van der Waals surface area contributed by atoms with Crippen molar-refractivity contribution in [2.75, 3.05) is 5.73 Å². The SMILES string of the molecule is CC(C)c1nc(N)c2n1CCCC2C. The van der Waals surface area contributed by atoms with Crippen LogP contribution in [0.3, 0.4) is 0 Å². The molecule has 1 aliphatic heterocycles. The Kier molecular flexibility index (Phi) is 2.25. The molecule has 1 aromatic rings. The number of rotatable bonds is 1. The second kappa shape index (κ2) is 3.30. The lowest BCUT2D eigenvalue weighted by Gasteiger charge is -2.23. The first-order valence-electron chi connectivity index (χ1n) is 5.47. The van der Waals surface area contributed by atoms with Gasteiger partial charge in [-0.2, -0.15) is 0 Å². The maximum absolute atomic E-state index is 5.96. The van der Waals surface area contributed by atoms with Crippen LogP contribution < -0.4 is 5.73 Å². The smallest absolute Gasteiger partial charge is 0.145 e. The largest absolute Gasteiger partial charge is 0.382 e. The summed E-state index contributed by atoms with van der Waals surface area (Å²) in [6, 6.07) is 0. The van der Waals surface area contributed by atoms with E-state index in [0.717, 1.165) is 18.2 Å². The summed E-state index contributed by atoms with van der Waals surface area (Å²) in [7, 11) is 0. The van der Waals surface area contributed by atoms with Gasteiger partial charge in [-0.3, -0.25) is 0 Å². The van der Waals surface area contributed by atoms with E-state index in [4.69, 9.17) is 5.73 Å². The first-order valence-corrected chi connectivity index (χ1v) is 5.47. The van der Waals surface area contributed by atoms with Crippen LogP contribution in [0, 0.1) is 0 Å². The molecule has 78 valence electrons. The molecule has 0 saturated carbocycles. The van der Waals surface area contributed by atoms with E-state index < -0.39 is 0 Å². The maximum Gasteiger partial charge on any atom is 0.145 e. The summed E-state index contributed by atoms with van der Waals surface area (Å²) in [6.07, 6.45) is 2.50. The average molecular weight is 193 g/mol. The van der Waals surface area contributed by atoms with Crippen LogP contribution in [-0.4, -0.2) is 9.55 Å². The van der Waals surface area contributed by atoms with E-state index in [9.17, 15) is 0 Å². The summed E-state index contributed by atoms with van der Waals surface area (Å²) >= 11 is 0. The molecule has 0 radical (unpaired) electrons. The molecule has 1 unspecified atom stereocenters. The Balaban J connectivity index is 2.52. The molecule has 0 spiro atoms. The van der Waals surface area contributed by atoms with Crippen LogP contribution in [-0.2, 0) is 6.54 Å². The molecule has 0 aliphatic carbocycles. The van der Waals surface area contributed by atoms with Gasteiger partial charge in [0, 0.05) is 18.4 Å². The number of nitrogen functional groups attached to an aromatic ring is 1. The van der Waals surface area contributed by atoms with Crippen LogP contribution in [0.2, 0.25) is 0 Å². The Morgan fingerprint density at radius 1 is 1.50 bits per heavy atom. The van der Waals surface area contributed by atoms with Crippen molar-refractivity contribution in [3.8, 4) is 0 Å². The molecule has 0 aromatic carbocycles. The van der Waals surface area contributed by atoms with Crippen LogP contribution in [0.5, 0.6) is 0 Å². The Morgan fingerprint density at radius 2 is 2.21 bits per heavy atom.